The summed E-state index contributed by atoms with van der Waals surface area (Å²) in [6.07, 6.45) is 8.77. The molecule has 0 aliphatic carbocycles. The molecule has 2 nitrogen and oxygen atoms in total. The van der Waals surface area contributed by atoms with Gasteiger partial charge >= 0.3 is 0 Å². The van der Waals surface area contributed by atoms with Crippen molar-refractivity contribution < 1.29 is 0 Å². The van der Waals surface area contributed by atoms with E-state index in [1.54, 1.807) is 0 Å². The first-order valence-electron chi connectivity index (χ1n) is 14.7. The smallest absolute Gasteiger partial charge is 0.0534 e. The minimum Gasteiger partial charge on any atom is -0.344 e. The highest BCUT2D eigenvalue weighted by Gasteiger charge is 2.19. The zero-order valence-corrected chi connectivity index (χ0v) is 24.1. The van der Waals surface area contributed by atoms with Crippen molar-refractivity contribution in [2.75, 3.05) is 16.8 Å². The van der Waals surface area contributed by atoms with Gasteiger partial charge in [-0.15, -0.1) is 0 Å². The first-order valence-corrected chi connectivity index (χ1v) is 14.7. The number of fused-ring (bicyclic) bond motifs is 2. The fourth-order valence-corrected chi connectivity index (χ4v) is 5.76. The molecule has 0 aromatic heterocycles. The van der Waals surface area contributed by atoms with Crippen LogP contribution in [-0.2, 0) is 0 Å². The lowest BCUT2D eigenvalue weighted by atomic mass is 10.0. The first-order chi connectivity index (χ1) is 21.2. The molecule has 0 amide bonds. The molecule has 0 N–H and O–H groups in total. The molecular weight excluding hydrogens is 520 g/mol. The Kier molecular flexibility index (Phi) is 7.17. The quantitative estimate of drug-likeness (QED) is 0.189. The molecule has 0 saturated carbocycles. The first kappa shape index (κ1) is 26.3. The van der Waals surface area contributed by atoms with Gasteiger partial charge in [0.15, 0.2) is 0 Å². The summed E-state index contributed by atoms with van der Waals surface area (Å²) in [5.41, 5.74) is 13.0. The molecule has 1 heterocycles. The number of hydrogen-bond donors (Lipinski definition) is 0. The van der Waals surface area contributed by atoms with E-state index in [4.69, 9.17) is 0 Å². The zero-order chi connectivity index (χ0) is 29.0. The van der Waals surface area contributed by atoms with Gasteiger partial charge in [0.25, 0.3) is 0 Å². The van der Waals surface area contributed by atoms with E-state index in [1.165, 1.54) is 50.4 Å². The fourth-order valence-electron chi connectivity index (χ4n) is 5.76. The van der Waals surface area contributed by atoms with E-state index in [0.29, 0.717) is 0 Å². The fraction of sp³-hybridized carbons (Fsp3) is 0.0244. The summed E-state index contributed by atoms with van der Waals surface area (Å²) < 4.78 is 0. The van der Waals surface area contributed by atoms with Gasteiger partial charge < -0.3 is 9.80 Å². The minimum absolute atomic E-state index is 1.14. The van der Waals surface area contributed by atoms with Crippen LogP contribution in [0.1, 0.15) is 22.3 Å². The van der Waals surface area contributed by atoms with Crippen molar-refractivity contribution in [3.05, 3.63) is 174 Å². The molecule has 0 fully saturated rings. The van der Waals surface area contributed by atoms with Crippen LogP contribution in [-0.4, -0.2) is 7.05 Å². The highest BCUT2D eigenvalue weighted by atomic mass is 15.1. The van der Waals surface area contributed by atoms with Gasteiger partial charge in [0, 0.05) is 24.1 Å². The molecule has 0 unspecified atom stereocenters. The number of benzene rings is 6. The van der Waals surface area contributed by atoms with Gasteiger partial charge in [-0.1, -0.05) is 133 Å². The standard InChI is InChI=1S/C41H32N2/c1-42(39-16-8-5-13-34(39)20-19-31-11-3-2-4-12-31)37-27-23-32(24-28-37)33-25-29-38(30-26-33)43-40-17-9-6-14-35(40)21-22-36-15-7-10-18-41(36)43/h2-30H,1H3/b20-19-. The Morgan fingerprint density at radius 1 is 0.488 bits per heavy atom. The third kappa shape index (κ3) is 5.39. The largest absolute Gasteiger partial charge is 0.344 e. The zero-order valence-electron chi connectivity index (χ0n) is 24.1. The van der Waals surface area contributed by atoms with E-state index >= 15 is 0 Å². The van der Waals surface area contributed by atoms with Gasteiger partial charge in [0.2, 0.25) is 0 Å². The number of hydrogen-bond acceptors (Lipinski definition) is 2. The van der Waals surface area contributed by atoms with Crippen molar-refractivity contribution in [1.29, 1.82) is 0 Å². The van der Waals surface area contributed by atoms with Gasteiger partial charge in [-0.2, -0.15) is 0 Å². The maximum Gasteiger partial charge on any atom is 0.0534 e. The number of rotatable bonds is 6. The predicted octanol–water partition coefficient (Wildman–Crippen LogP) is 11.2. The number of nitrogens with zero attached hydrogens (tertiary/aromatic N) is 2. The molecule has 0 spiro atoms. The molecule has 2 heteroatoms. The Labute approximate surface area is 254 Å². The molecule has 0 atom stereocenters. The molecule has 6 aromatic carbocycles. The summed E-state index contributed by atoms with van der Waals surface area (Å²) in [6.45, 7) is 0. The molecule has 0 bridgehead atoms. The summed E-state index contributed by atoms with van der Waals surface area (Å²) in [6, 6.07) is 53.8. The molecule has 206 valence electrons. The van der Waals surface area contributed by atoms with Crippen molar-refractivity contribution in [2.45, 2.75) is 0 Å². The molecule has 43 heavy (non-hydrogen) atoms. The third-order valence-electron chi connectivity index (χ3n) is 8.06. The average molecular weight is 553 g/mol. The van der Waals surface area contributed by atoms with Crippen LogP contribution in [0.3, 0.4) is 0 Å². The van der Waals surface area contributed by atoms with E-state index in [1.807, 2.05) is 6.07 Å². The van der Waals surface area contributed by atoms with Crippen LogP contribution in [0.15, 0.2) is 152 Å². The highest BCUT2D eigenvalue weighted by molar-refractivity contribution is 5.93. The molecule has 7 rings (SSSR count). The molecule has 1 aliphatic heterocycles. The van der Waals surface area contributed by atoms with E-state index in [-0.39, 0.29) is 0 Å². The molecular formula is C41H32N2. The Bertz CT molecular complexity index is 1870. The van der Waals surface area contributed by atoms with Crippen molar-refractivity contribution in [3.8, 4) is 11.1 Å². The Balaban J connectivity index is 1.14. The predicted molar refractivity (Wildman–Crippen MR) is 185 cm³/mol. The molecule has 1 aliphatic rings. The summed E-state index contributed by atoms with van der Waals surface area (Å²) in [5, 5.41) is 0. The van der Waals surface area contributed by atoms with Crippen molar-refractivity contribution in [3.63, 3.8) is 0 Å². The van der Waals surface area contributed by atoms with Crippen LogP contribution >= 0.6 is 0 Å². The van der Waals surface area contributed by atoms with Crippen LogP contribution in [0, 0.1) is 0 Å². The Morgan fingerprint density at radius 2 is 1.02 bits per heavy atom. The van der Waals surface area contributed by atoms with Gasteiger partial charge in [-0.05, 0) is 75.8 Å². The molecule has 0 radical (unpaired) electrons. The summed E-state index contributed by atoms with van der Waals surface area (Å²) in [4.78, 5) is 4.61. The van der Waals surface area contributed by atoms with Crippen LogP contribution in [0.2, 0.25) is 0 Å². The lowest BCUT2D eigenvalue weighted by Crippen LogP contribution is -2.11. The second kappa shape index (κ2) is 11.7. The van der Waals surface area contributed by atoms with Crippen molar-refractivity contribution >= 4 is 52.7 Å². The summed E-state index contributed by atoms with van der Waals surface area (Å²) >= 11 is 0. The van der Waals surface area contributed by atoms with E-state index in [9.17, 15) is 0 Å². The second-order valence-corrected chi connectivity index (χ2v) is 10.7. The lowest BCUT2D eigenvalue weighted by Gasteiger charge is -2.27. The number of anilines is 5. The summed E-state index contributed by atoms with van der Waals surface area (Å²) in [7, 11) is 2.13. The van der Waals surface area contributed by atoms with Gasteiger partial charge in [-0.3, -0.25) is 0 Å². The average Bonchev–Trinajstić information content (AvgIpc) is 3.25. The molecule has 0 saturated heterocycles. The highest BCUT2D eigenvalue weighted by Crippen LogP contribution is 2.42. The number of para-hydroxylation sites is 3. The van der Waals surface area contributed by atoms with Crippen molar-refractivity contribution in [1.82, 2.24) is 0 Å². The normalized spacial score (nSPS) is 12.1. The lowest BCUT2D eigenvalue weighted by molar-refractivity contribution is 1.20. The van der Waals surface area contributed by atoms with E-state index in [0.717, 1.165) is 11.4 Å². The molecule has 6 aromatic rings. The monoisotopic (exact) mass is 552 g/mol. The van der Waals surface area contributed by atoms with Gasteiger partial charge in [-0.25, -0.2) is 0 Å². The maximum atomic E-state index is 2.36. The Morgan fingerprint density at radius 3 is 1.67 bits per heavy atom. The van der Waals surface area contributed by atoms with E-state index < -0.39 is 0 Å². The van der Waals surface area contributed by atoms with Crippen LogP contribution in [0.4, 0.5) is 28.4 Å². The third-order valence-corrected chi connectivity index (χ3v) is 8.06. The van der Waals surface area contributed by atoms with Crippen LogP contribution in [0.5, 0.6) is 0 Å². The van der Waals surface area contributed by atoms with Gasteiger partial charge in [0.1, 0.15) is 0 Å². The SMILES string of the molecule is CN(c1ccc(-c2ccc(N3c4ccccc4C=Cc4ccccc43)cc2)cc1)c1ccccc1/C=C\c1ccccc1. The van der Waals surface area contributed by atoms with Crippen LogP contribution in [0.25, 0.3) is 35.4 Å². The Hall–Kier alpha value is -5.60. The van der Waals surface area contributed by atoms with E-state index in [2.05, 4.69) is 187 Å². The topological polar surface area (TPSA) is 6.48 Å². The van der Waals surface area contributed by atoms with Crippen LogP contribution < -0.4 is 9.80 Å². The second-order valence-electron chi connectivity index (χ2n) is 10.7. The summed E-state index contributed by atoms with van der Waals surface area (Å²) in [5.74, 6) is 0. The van der Waals surface area contributed by atoms with Gasteiger partial charge in [0.05, 0.1) is 11.4 Å². The minimum atomic E-state index is 1.14. The maximum absolute atomic E-state index is 2.36. The van der Waals surface area contributed by atoms with Crippen molar-refractivity contribution in [2.24, 2.45) is 0 Å².